The zero-order valence-electron chi connectivity index (χ0n) is 7.47. The molecule has 0 aliphatic heterocycles. The highest BCUT2D eigenvalue weighted by Gasteiger charge is 2.08. The van der Waals surface area contributed by atoms with Crippen molar-refractivity contribution < 1.29 is 9.90 Å². The average molecular weight is 301 g/mol. The fraction of sp³-hybridized carbons (Fsp3) is 0.100. The predicted octanol–water partition coefficient (Wildman–Crippen LogP) is 2.78. The summed E-state index contributed by atoms with van der Waals surface area (Å²) < 4.78 is 1.10. The summed E-state index contributed by atoms with van der Waals surface area (Å²) in [4.78, 5) is 13.6. The van der Waals surface area contributed by atoms with Crippen LogP contribution >= 0.6 is 22.6 Å². The maximum absolute atomic E-state index is 10.7. The number of carbonyl (C=O) groups is 1. The molecular weight excluding hydrogens is 293 g/mol. The van der Waals surface area contributed by atoms with Crippen LogP contribution in [0.2, 0.25) is 0 Å². The number of aromatic nitrogens is 1. The lowest BCUT2D eigenvalue weighted by atomic mass is 10.1. The minimum absolute atomic E-state index is 0.241. The Morgan fingerprint density at radius 1 is 1.43 bits per heavy atom. The number of hydrogen-bond donors (Lipinski definition) is 2. The highest BCUT2D eigenvalue weighted by Crippen LogP contribution is 2.22. The molecule has 0 unspecified atom stereocenters. The average Bonchev–Trinajstić information content (AvgIpc) is 2.47. The molecule has 0 saturated heterocycles. The second-order valence-corrected chi connectivity index (χ2v) is 4.42. The third-order valence-corrected chi connectivity index (χ3v) is 2.76. The number of carboxylic acid groups (broad SMARTS) is 1. The van der Waals surface area contributed by atoms with Gasteiger partial charge in [0.1, 0.15) is 5.69 Å². The molecule has 0 aliphatic rings. The van der Waals surface area contributed by atoms with E-state index in [1.807, 2.05) is 19.1 Å². The Hall–Kier alpha value is -1.04. The van der Waals surface area contributed by atoms with Crippen LogP contribution in [0.25, 0.3) is 10.9 Å². The molecule has 72 valence electrons. The van der Waals surface area contributed by atoms with E-state index >= 15 is 0 Å². The van der Waals surface area contributed by atoms with Crippen LogP contribution in [0.1, 0.15) is 16.1 Å². The molecule has 0 fully saturated rings. The Bertz CT molecular complexity index is 516. The van der Waals surface area contributed by atoms with Crippen molar-refractivity contribution in [1.82, 2.24) is 4.98 Å². The van der Waals surface area contributed by atoms with E-state index in [1.165, 1.54) is 0 Å². The molecule has 2 N–H and O–H groups in total. The van der Waals surface area contributed by atoms with Gasteiger partial charge in [0.05, 0.1) is 0 Å². The first-order valence-corrected chi connectivity index (χ1v) is 5.18. The smallest absolute Gasteiger partial charge is 0.352 e. The maximum Gasteiger partial charge on any atom is 0.352 e. The number of carboxylic acids is 1. The summed E-state index contributed by atoms with van der Waals surface area (Å²) in [6, 6.07) is 5.64. The molecule has 14 heavy (non-hydrogen) atoms. The lowest BCUT2D eigenvalue weighted by Gasteiger charge is -1.96. The third kappa shape index (κ3) is 1.50. The predicted molar refractivity (Wildman–Crippen MR) is 62.7 cm³/mol. The van der Waals surface area contributed by atoms with Gasteiger partial charge in [-0.3, -0.25) is 0 Å². The monoisotopic (exact) mass is 301 g/mol. The lowest BCUT2D eigenvalue weighted by molar-refractivity contribution is 0.0691. The van der Waals surface area contributed by atoms with Crippen LogP contribution in [0.15, 0.2) is 18.2 Å². The topological polar surface area (TPSA) is 53.1 Å². The summed E-state index contributed by atoms with van der Waals surface area (Å²) in [6.45, 7) is 1.98. The van der Waals surface area contributed by atoms with E-state index in [0.717, 1.165) is 20.0 Å². The number of aromatic carboxylic acids is 1. The molecule has 3 nitrogen and oxygen atoms in total. The Morgan fingerprint density at radius 2 is 2.14 bits per heavy atom. The largest absolute Gasteiger partial charge is 0.477 e. The van der Waals surface area contributed by atoms with Crippen LogP contribution in [-0.4, -0.2) is 16.1 Å². The van der Waals surface area contributed by atoms with E-state index in [0.29, 0.717) is 0 Å². The molecule has 1 aromatic carbocycles. The lowest BCUT2D eigenvalue weighted by Crippen LogP contribution is -1.94. The summed E-state index contributed by atoms with van der Waals surface area (Å²) in [6.07, 6.45) is 0. The van der Waals surface area contributed by atoms with Crippen LogP contribution in [0.4, 0.5) is 0 Å². The van der Waals surface area contributed by atoms with Gasteiger partial charge in [-0.15, -0.1) is 0 Å². The van der Waals surface area contributed by atoms with Crippen LogP contribution < -0.4 is 0 Å². The molecule has 2 aromatic rings. The molecule has 0 spiro atoms. The van der Waals surface area contributed by atoms with E-state index in [2.05, 4.69) is 27.6 Å². The number of aryl methyl sites for hydroxylation is 1. The Labute approximate surface area is 94.3 Å². The number of halogens is 1. The van der Waals surface area contributed by atoms with Gasteiger partial charge in [0.15, 0.2) is 0 Å². The van der Waals surface area contributed by atoms with Crippen LogP contribution in [-0.2, 0) is 0 Å². The number of hydrogen-bond acceptors (Lipinski definition) is 1. The molecular formula is C10H8INO2. The number of nitrogens with one attached hydrogen (secondary N) is 1. The van der Waals surface area contributed by atoms with Gasteiger partial charge in [0, 0.05) is 14.5 Å². The minimum atomic E-state index is -0.921. The summed E-state index contributed by atoms with van der Waals surface area (Å²) in [5.41, 5.74) is 2.22. The van der Waals surface area contributed by atoms with Crippen molar-refractivity contribution in [2.24, 2.45) is 0 Å². The van der Waals surface area contributed by atoms with Crippen molar-refractivity contribution in [2.75, 3.05) is 0 Å². The highest BCUT2D eigenvalue weighted by molar-refractivity contribution is 14.1. The second kappa shape index (κ2) is 3.27. The van der Waals surface area contributed by atoms with Gasteiger partial charge in [0.25, 0.3) is 0 Å². The first kappa shape index (κ1) is 9.51. The number of aromatic amines is 1. The normalized spacial score (nSPS) is 10.7. The molecule has 0 radical (unpaired) electrons. The zero-order valence-corrected chi connectivity index (χ0v) is 9.62. The van der Waals surface area contributed by atoms with Crippen molar-refractivity contribution in [3.63, 3.8) is 0 Å². The molecule has 1 aromatic heterocycles. The third-order valence-electron chi connectivity index (χ3n) is 2.14. The highest BCUT2D eigenvalue weighted by atomic mass is 127. The number of H-pyrrole nitrogens is 1. The van der Waals surface area contributed by atoms with Crippen molar-refractivity contribution in [1.29, 1.82) is 0 Å². The number of benzene rings is 1. The fourth-order valence-corrected chi connectivity index (χ4v) is 2.27. The SMILES string of the molecule is Cc1cc(I)cc2[nH]c(C(=O)O)cc12. The van der Waals surface area contributed by atoms with Gasteiger partial charge in [-0.25, -0.2) is 4.79 Å². The molecule has 4 heteroatoms. The minimum Gasteiger partial charge on any atom is -0.477 e. The van der Waals surface area contributed by atoms with Gasteiger partial charge < -0.3 is 10.1 Å². The number of rotatable bonds is 1. The summed E-state index contributed by atoms with van der Waals surface area (Å²) in [5, 5.41) is 9.79. The summed E-state index contributed by atoms with van der Waals surface area (Å²) in [7, 11) is 0. The van der Waals surface area contributed by atoms with Gasteiger partial charge in [-0.2, -0.15) is 0 Å². The second-order valence-electron chi connectivity index (χ2n) is 3.17. The van der Waals surface area contributed by atoms with Gasteiger partial charge in [-0.05, 0) is 53.3 Å². The van der Waals surface area contributed by atoms with Crippen molar-refractivity contribution in [3.05, 3.63) is 33.0 Å². The van der Waals surface area contributed by atoms with E-state index < -0.39 is 5.97 Å². The molecule has 0 saturated carbocycles. The molecule has 0 bridgehead atoms. The number of fused-ring (bicyclic) bond motifs is 1. The van der Waals surface area contributed by atoms with Crippen LogP contribution in [0.5, 0.6) is 0 Å². The first-order chi connectivity index (χ1) is 6.58. The zero-order chi connectivity index (χ0) is 10.3. The first-order valence-electron chi connectivity index (χ1n) is 4.10. The molecule has 0 amide bonds. The van der Waals surface area contributed by atoms with Crippen molar-refractivity contribution >= 4 is 39.5 Å². The molecule has 0 aliphatic carbocycles. The Balaban J connectivity index is 2.76. The van der Waals surface area contributed by atoms with Crippen LogP contribution in [0.3, 0.4) is 0 Å². The van der Waals surface area contributed by atoms with Gasteiger partial charge in [-0.1, -0.05) is 0 Å². The van der Waals surface area contributed by atoms with E-state index in [9.17, 15) is 4.79 Å². The maximum atomic E-state index is 10.7. The Morgan fingerprint density at radius 3 is 2.79 bits per heavy atom. The van der Waals surface area contributed by atoms with E-state index in [1.54, 1.807) is 6.07 Å². The standard InChI is InChI=1S/C10H8INO2/c1-5-2-6(11)3-8-7(5)4-9(12-8)10(13)14/h2-4,12H,1H3,(H,13,14). The molecule has 1 heterocycles. The quantitative estimate of drug-likeness (QED) is 0.796. The molecule has 2 rings (SSSR count). The van der Waals surface area contributed by atoms with E-state index in [4.69, 9.17) is 5.11 Å². The van der Waals surface area contributed by atoms with Crippen molar-refractivity contribution in [3.8, 4) is 0 Å². The fourth-order valence-electron chi connectivity index (χ4n) is 1.49. The summed E-state index contributed by atoms with van der Waals surface area (Å²) >= 11 is 2.21. The van der Waals surface area contributed by atoms with Crippen LogP contribution in [0, 0.1) is 10.5 Å². The van der Waals surface area contributed by atoms with Gasteiger partial charge in [0.2, 0.25) is 0 Å². The molecule has 0 atom stereocenters. The van der Waals surface area contributed by atoms with E-state index in [-0.39, 0.29) is 5.69 Å². The Kier molecular flexibility index (Phi) is 2.22. The van der Waals surface area contributed by atoms with Crippen molar-refractivity contribution in [2.45, 2.75) is 6.92 Å². The summed E-state index contributed by atoms with van der Waals surface area (Å²) in [5.74, 6) is -0.921. The van der Waals surface area contributed by atoms with Gasteiger partial charge >= 0.3 is 5.97 Å².